The van der Waals surface area contributed by atoms with Crippen molar-refractivity contribution in [3.8, 4) is 0 Å². The monoisotopic (exact) mass is 434 g/mol. The van der Waals surface area contributed by atoms with Crippen LogP contribution in [0.2, 0.25) is 0 Å². The van der Waals surface area contributed by atoms with E-state index >= 15 is 0 Å². The molecule has 2 fully saturated rings. The molecule has 0 aromatic rings. The highest BCUT2D eigenvalue weighted by molar-refractivity contribution is 8.36. The van der Waals surface area contributed by atoms with E-state index in [-0.39, 0.29) is 24.9 Å². The van der Waals surface area contributed by atoms with Crippen LogP contribution in [0.15, 0.2) is 0 Å². The average Bonchev–Trinajstić information content (AvgIpc) is 3.03. The lowest BCUT2D eigenvalue weighted by molar-refractivity contribution is -0.160. The summed E-state index contributed by atoms with van der Waals surface area (Å²) < 4.78 is 42.0. The molecule has 0 radical (unpaired) electrons. The number of hydrogen-bond donors (Lipinski definition) is 0. The number of ether oxygens (including phenoxy) is 3. The van der Waals surface area contributed by atoms with Crippen LogP contribution in [0.1, 0.15) is 35.3 Å². The van der Waals surface area contributed by atoms with Crippen LogP contribution in [0, 0.1) is 5.92 Å². The highest BCUT2D eigenvalue weighted by Crippen LogP contribution is 2.40. The van der Waals surface area contributed by atoms with Crippen LogP contribution in [-0.4, -0.2) is 64.2 Å². The Morgan fingerprint density at radius 1 is 1.24 bits per heavy atom. The van der Waals surface area contributed by atoms with Crippen molar-refractivity contribution in [2.75, 3.05) is 45.9 Å². The van der Waals surface area contributed by atoms with Gasteiger partial charge in [0.2, 0.25) is 0 Å². The second-order valence-electron chi connectivity index (χ2n) is 6.96. The van der Waals surface area contributed by atoms with Gasteiger partial charge in [-0.25, -0.2) is 0 Å². The molecule has 2 saturated heterocycles. The van der Waals surface area contributed by atoms with Gasteiger partial charge in [0, 0.05) is 20.3 Å². The molecule has 8 atom stereocenters. The molecule has 2 aliphatic rings. The first-order valence-electron chi connectivity index (χ1n) is 9.69. The Morgan fingerprint density at radius 2 is 1.80 bits per heavy atom. The largest absolute Gasteiger partial charge is 0.821 e. The summed E-state index contributed by atoms with van der Waals surface area (Å²) in [6.07, 6.45) is -0.973. The minimum atomic E-state index is -2.39. The Labute approximate surface area is 166 Å². The van der Waals surface area contributed by atoms with Crippen molar-refractivity contribution in [2.24, 2.45) is 5.92 Å². The van der Waals surface area contributed by atoms with E-state index in [9.17, 15) is 9.46 Å². The molecule has 0 aromatic heterocycles. The molecule has 2 rings (SSSR count). The Hall–Kier alpha value is 1.07. The SMILES string of the molecule is [3H][C@@H]1CC(C)[C@@H](CCP(C)(=O)[S-])O1.[3H][C@H]1CC(OC)[C@@H](CCP(C)([O-])=S)O1. The fourth-order valence-corrected chi connectivity index (χ4v) is 4.79. The lowest BCUT2D eigenvalue weighted by Crippen LogP contribution is -2.24. The van der Waals surface area contributed by atoms with Gasteiger partial charge in [0.25, 0.3) is 0 Å². The van der Waals surface area contributed by atoms with Crippen molar-refractivity contribution >= 4 is 36.7 Å². The van der Waals surface area contributed by atoms with Gasteiger partial charge in [-0.15, -0.1) is 18.1 Å². The molecule has 25 heavy (non-hydrogen) atoms. The van der Waals surface area contributed by atoms with Crippen LogP contribution in [0.25, 0.3) is 0 Å². The third kappa shape index (κ3) is 10.8. The number of rotatable bonds is 7. The number of hydrogen-bond acceptors (Lipinski definition) is 7. The molecule has 0 aliphatic carbocycles. The van der Waals surface area contributed by atoms with Gasteiger partial charge in [-0.05, 0) is 63.6 Å². The molecule has 4 unspecified atom stereocenters. The van der Waals surface area contributed by atoms with Crippen LogP contribution in [0.3, 0.4) is 0 Å². The standard InChI is InChI=1S/C8H17O3PS.C8H17O2PS/c1-10-7-3-5-11-8(7)4-6-12(2,9)13;1-7-3-5-10-8(7)4-6-11(2,9)12/h7-8H,3-6H2,1-2H3,(H,9,13);7-8H,3-6H2,1-2H3,(H,9,12)/p-2/t7?,8-,12?;7?,8-,11?/m11/s1/i2*5T/t5-,7?,8+,12?;5-,7?,8-,11?/m01. The van der Waals surface area contributed by atoms with Gasteiger partial charge in [-0.1, -0.05) is 6.92 Å². The normalized spacial score (nSPS) is 41.0. The Bertz CT molecular complexity index is 545. The van der Waals surface area contributed by atoms with Crippen LogP contribution < -0.4 is 4.89 Å². The van der Waals surface area contributed by atoms with Crippen molar-refractivity contribution < 1.29 is 26.4 Å². The van der Waals surface area contributed by atoms with Crippen LogP contribution in [-0.2, 0) is 42.8 Å². The first-order chi connectivity index (χ1) is 12.3. The van der Waals surface area contributed by atoms with E-state index < -0.39 is 19.2 Å². The van der Waals surface area contributed by atoms with Crippen molar-refractivity contribution in [3.05, 3.63) is 0 Å². The van der Waals surface area contributed by atoms with Gasteiger partial charge >= 0.3 is 0 Å². The third-order valence-corrected chi connectivity index (χ3v) is 7.57. The summed E-state index contributed by atoms with van der Waals surface area (Å²) >= 11 is 9.68. The number of methoxy groups -OCH3 is 1. The first kappa shape index (κ1) is 20.8. The Morgan fingerprint density at radius 3 is 2.28 bits per heavy atom. The molecule has 2 aliphatic heterocycles. The minimum Gasteiger partial charge on any atom is -0.821 e. The highest BCUT2D eigenvalue weighted by Gasteiger charge is 2.27. The van der Waals surface area contributed by atoms with Gasteiger partial charge < -0.3 is 35.9 Å². The third-order valence-electron chi connectivity index (χ3n) is 4.33. The van der Waals surface area contributed by atoms with E-state index in [0.29, 0.717) is 31.1 Å². The van der Waals surface area contributed by atoms with Crippen molar-refractivity contribution in [2.45, 2.75) is 50.9 Å². The summed E-state index contributed by atoms with van der Waals surface area (Å²) in [5, 5.41) is 0. The predicted molar refractivity (Wildman–Crippen MR) is 109 cm³/mol. The second-order valence-corrected chi connectivity index (χ2v) is 16.5. The Balaban J connectivity index is 0.000000271. The van der Waals surface area contributed by atoms with Crippen LogP contribution in [0.4, 0.5) is 0 Å². The maximum Gasteiger partial charge on any atom is 0.0854 e. The van der Waals surface area contributed by atoms with E-state index in [1.54, 1.807) is 20.4 Å². The maximum absolute atomic E-state index is 11.3. The molecule has 9 heteroatoms. The molecule has 0 saturated carbocycles. The van der Waals surface area contributed by atoms with E-state index in [1.165, 1.54) is 0 Å². The van der Waals surface area contributed by atoms with Crippen molar-refractivity contribution in [1.82, 2.24) is 0 Å². The van der Waals surface area contributed by atoms with Gasteiger partial charge in [0.15, 0.2) is 0 Å². The van der Waals surface area contributed by atoms with Gasteiger partial charge in [-0.2, -0.15) is 0 Å². The molecule has 0 amide bonds. The van der Waals surface area contributed by atoms with E-state index in [0.717, 1.165) is 12.8 Å². The molecule has 2 heterocycles. The molecule has 0 spiro atoms. The maximum atomic E-state index is 11.3. The molecule has 150 valence electrons. The van der Waals surface area contributed by atoms with Gasteiger partial charge in [0.1, 0.15) is 0 Å². The summed E-state index contributed by atoms with van der Waals surface area (Å²) in [6.45, 7) is 4.40. The summed E-state index contributed by atoms with van der Waals surface area (Å²) in [4.78, 5) is 11.3. The summed E-state index contributed by atoms with van der Waals surface area (Å²) in [7, 11) is 1.61. The van der Waals surface area contributed by atoms with E-state index in [1.807, 2.05) is 0 Å². The lowest BCUT2D eigenvalue weighted by Gasteiger charge is -2.25. The minimum absolute atomic E-state index is 0.0425. The highest BCUT2D eigenvalue weighted by atomic mass is 32.7. The zero-order valence-corrected chi connectivity index (χ0v) is 18.9. The van der Waals surface area contributed by atoms with E-state index in [4.69, 9.17) is 41.0 Å². The van der Waals surface area contributed by atoms with Crippen molar-refractivity contribution in [3.63, 3.8) is 0 Å². The van der Waals surface area contributed by atoms with Crippen LogP contribution in [0.5, 0.6) is 0 Å². The van der Waals surface area contributed by atoms with E-state index in [2.05, 4.69) is 6.92 Å². The fourth-order valence-electron chi connectivity index (χ4n) is 2.71. The molecule has 0 bridgehead atoms. The summed E-state index contributed by atoms with van der Waals surface area (Å²) in [5.74, 6) is 0.407. The topological polar surface area (TPSA) is 67.8 Å². The molecule has 0 aromatic carbocycles. The summed E-state index contributed by atoms with van der Waals surface area (Å²) in [5.41, 5.74) is 0. The average molecular weight is 435 g/mol. The molecular formula is C16H32O5P2S2-2. The van der Waals surface area contributed by atoms with Gasteiger partial charge in [0.05, 0.1) is 21.1 Å². The quantitative estimate of drug-likeness (QED) is 0.451. The fraction of sp³-hybridized carbons (Fsp3) is 1.00. The molecule has 5 nitrogen and oxygen atoms in total. The molecular weight excluding hydrogens is 398 g/mol. The first-order valence-corrected chi connectivity index (χ1v) is 15.2. The summed E-state index contributed by atoms with van der Waals surface area (Å²) in [6, 6.07) is 0. The lowest BCUT2D eigenvalue weighted by atomic mass is 10.0. The van der Waals surface area contributed by atoms with Crippen LogP contribution >= 0.6 is 12.6 Å². The van der Waals surface area contributed by atoms with Gasteiger partial charge in [-0.3, -0.25) is 0 Å². The Kier molecular flexibility index (Phi) is 9.29. The predicted octanol–water partition coefficient (Wildman–Crippen LogP) is 2.82. The zero-order valence-electron chi connectivity index (χ0n) is 17.5. The van der Waals surface area contributed by atoms with Crippen molar-refractivity contribution in [1.29, 1.82) is 0 Å². The smallest absolute Gasteiger partial charge is 0.0854 e. The molecule has 0 N–H and O–H groups in total. The zero-order chi connectivity index (χ0) is 20.8. The second kappa shape index (κ2) is 11.2.